The number of alkyl carbamates (subject to hydrolysis) is 1. The van der Waals surface area contributed by atoms with E-state index in [1.54, 1.807) is 51.1 Å². The SMILES string of the molecule is COC(=O)[C@@H](NC(C)=O)c1cc(OC)cc(OC)c1-c1cc([C@@H](NC(=O)OC(C)(C)C)C(=O)OC)ccc1OC. The zero-order valence-electron chi connectivity index (χ0n) is 24.1. The number of nitrogens with one attached hydrogen (secondary N) is 2. The van der Waals surface area contributed by atoms with Gasteiger partial charge in [0, 0.05) is 29.7 Å². The van der Waals surface area contributed by atoms with Crippen LogP contribution in [0.3, 0.4) is 0 Å². The maximum absolute atomic E-state index is 12.9. The Morgan fingerprint density at radius 2 is 1.35 bits per heavy atom. The topological polar surface area (TPSA) is 148 Å². The Hall–Kier alpha value is -4.48. The lowest BCUT2D eigenvalue weighted by molar-refractivity contribution is -0.145. The molecular weight excluding hydrogens is 524 g/mol. The van der Waals surface area contributed by atoms with Crippen molar-refractivity contribution in [2.45, 2.75) is 45.4 Å². The number of amides is 2. The summed E-state index contributed by atoms with van der Waals surface area (Å²) in [6, 6.07) is 5.35. The number of ether oxygens (including phenoxy) is 6. The molecule has 2 aromatic rings. The Morgan fingerprint density at radius 1 is 0.750 bits per heavy atom. The molecule has 12 heteroatoms. The molecule has 2 atom stereocenters. The van der Waals surface area contributed by atoms with Crippen LogP contribution in [-0.2, 0) is 28.6 Å². The van der Waals surface area contributed by atoms with Crippen LogP contribution < -0.4 is 24.8 Å². The normalized spacial score (nSPS) is 12.3. The van der Waals surface area contributed by atoms with Crippen LogP contribution in [0.5, 0.6) is 17.2 Å². The van der Waals surface area contributed by atoms with Crippen LogP contribution in [0.1, 0.15) is 50.9 Å². The highest BCUT2D eigenvalue weighted by Crippen LogP contribution is 2.44. The predicted molar refractivity (Wildman–Crippen MR) is 144 cm³/mol. The van der Waals surface area contributed by atoms with Gasteiger partial charge in [0.2, 0.25) is 5.91 Å². The van der Waals surface area contributed by atoms with Crippen molar-refractivity contribution in [1.29, 1.82) is 0 Å². The van der Waals surface area contributed by atoms with Gasteiger partial charge in [-0.15, -0.1) is 0 Å². The molecule has 0 spiro atoms. The van der Waals surface area contributed by atoms with Crippen LogP contribution in [0.2, 0.25) is 0 Å². The van der Waals surface area contributed by atoms with Crippen LogP contribution in [0.25, 0.3) is 11.1 Å². The first-order chi connectivity index (χ1) is 18.8. The minimum absolute atomic E-state index is 0.263. The third-order valence-corrected chi connectivity index (χ3v) is 5.58. The van der Waals surface area contributed by atoms with Crippen LogP contribution >= 0.6 is 0 Å². The van der Waals surface area contributed by atoms with Gasteiger partial charge in [-0.05, 0) is 44.5 Å². The Labute approximate surface area is 233 Å². The zero-order valence-corrected chi connectivity index (χ0v) is 24.1. The standard InChI is InChI=1S/C28H36N2O10/c1-15(31)29-24(26(33)39-9)19-13-17(35-5)14-21(37-7)22(19)18-12-16(10-11-20(18)36-6)23(25(32)38-8)30-27(34)40-28(2,3)4/h10-14,23-24H,1-9H3,(H,29,31)(H,30,34)/t23-,24+/m1/s1. The molecule has 0 unspecified atom stereocenters. The van der Waals surface area contributed by atoms with Gasteiger partial charge in [-0.25, -0.2) is 14.4 Å². The third-order valence-electron chi connectivity index (χ3n) is 5.58. The van der Waals surface area contributed by atoms with Crippen molar-refractivity contribution in [3.8, 4) is 28.4 Å². The van der Waals surface area contributed by atoms with E-state index >= 15 is 0 Å². The number of carbonyl (C=O) groups excluding carboxylic acids is 4. The van der Waals surface area contributed by atoms with Gasteiger partial charge < -0.3 is 39.1 Å². The number of methoxy groups -OCH3 is 5. The lowest BCUT2D eigenvalue weighted by Gasteiger charge is -2.25. The van der Waals surface area contributed by atoms with Crippen molar-refractivity contribution in [2.24, 2.45) is 0 Å². The number of benzene rings is 2. The van der Waals surface area contributed by atoms with Crippen molar-refractivity contribution in [2.75, 3.05) is 35.5 Å². The maximum Gasteiger partial charge on any atom is 0.408 e. The molecule has 0 heterocycles. The first kappa shape index (κ1) is 31.7. The molecule has 40 heavy (non-hydrogen) atoms. The number of hydrogen-bond acceptors (Lipinski definition) is 10. The molecule has 0 saturated heterocycles. The minimum atomic E-state index is -1.26. The van der Waals surface area contributed by atoms with E-state index in [1.165, 1.54) is 42.5 Å². The van der Waals surface area contributed by atoms with Crippen molar-refractivity contribution in [3.05, 3.63) is 41.5 Å². The number of rotatable bonds is 10. The van der Waals surface area contributed by atoms with E-state index in [-0.39, 0.29) is 11.3 Å². The van der Waals surface area contributed by atoms with Gasteiger partial charge in [0.25, 0.3) is 0 Å². The van der Waals surface area contributed by atoms with Gasteiger partial charge in [-0.2, -0.15) is 0 Å². The van der Waals surface area contributed by atoms with Crippen molar-refractivity contribution < 1.29 is 47.6 Å². The molecule has 2 amide bonds. The fourth-order valence-electron chi connectivity index (χ4n) is 3.91. The second-order valence-corrected chi connectivity index (χ2v) is 9.51. The van der Waals surface area contributed by atoms with Gasteiger partial charge >= 0.3 is 18.0 Å². The monoisotopic (exact) mass is 560 g/mol. The third kappa shape index (κ3) is 7.78. The van der Waals surface area contributed by atoms with E-state index in [2.05, 4.69) is 10.6 Å². The molecule has 0 radical (unpaired) electrons. The van der Waals surface area contributed by atoms with Crippen LogP contribution in [0.4, 0.5) is 4.79 Å². The molecular formula is C28H36N2O10. The Bertz CT molecular complexity index is 1250. The lowest BCUT2D eigenvalue weighted by atomic mass is 9.90. The average molecular weight is 561 g/mol. The Kier molecular flexibility index (Phi) is 10.7. The minimum Gasteiger partial charge on any atom is -0.497 e. The summed E-state index contributed by atoms with van der Waals surface area (Å²) in [6.07, 6.45) is -0.834. The first-order valence-corrected chi connectivity index (χ1v) is 12.2. The average Bonchev–Trinajstić information content (AvgIpc) is 2.91. The van der Waals surface area contributed by atoms with E-state index in [9.17, 15) is 19.2 Å². The van der Waals surface area contributed by atoms with Gasteiger partial charge in [0.15, 0.2) is 12.1 Å². The molecule has 12 nitrogen and oxygen atoms in total. The molecule has 0 fully saturated rings. The van der Waals surface area contributed by atoms with E-state index in [4.69, 9.17) is 28.4 Å². The van der Waals surface area contributed by atoms with E-state index in [0.717, 1.165) is 0 Å². The van der Waals surface area contributed by atoms with Crippen LogP contribution in [0, 0.1) is 0 Å². The Balaban J connectivity index is 2.87. The summed E-state index contributed by atoms with van der Waals surface area (Å²) in [4.78, 5) is 50.3. The van der Waals surface area contributed by atoms with Gasteiger partial charge in [0.1, 0.15) is 22.8 Å². The lowest BCUT2D eigenvalue weighted by Crippen LogP contribution is -2.38. The molecule has 0 aliphatic rings. The maximum atomic E-state index is 12.9. The van der Waals surface area contributed by atoms with Crippen molar-refractivity contribution in [1.82, 2.24) is 10.6 Å². The van der Waals surface area contributed by atoms with Gasteiger partial charge in [-0.1, -0.05) is 6.07 Å². The highest BCUT2D eigenvalue weighted by atomic mass is 16.6. The summed E-state index contributed by atoms with van der Waals surface area (Å²) in [5.74, 6) is -1.06. The predicted octanol–water partition coefficient (Wildman–Crippen LogP) is 3.47. The summed E-state index contributed by atoms with van der Waals surface area (Å²) in [5, 5.41) is 5.13. The number of carbonyl (C=O) groups is 4. The van der Waals surface area contributed by atoms with Crippen molar-refractivity contribution in [3.63, 3.8) is 0 Å². The van der Waals surface area contributed by atoms with Crippen molar-refractivity contribution >= 4 is 23.9 Å². The molecule has 2 rings (SSSR count). The molecule has 2 N–H and O–H groups in total. The fourth-order valence-corrected chi connectivity index (χ4v) is 3.91. The summed E-state index contributed by atoms with van der Waals surface area (Å²) in [5.41, 5.74) is 0.476. The summed E-state index contributed by atoms with van der Waals surface area (Å²) >= 11 is 0. The second-order valence-electron chi connectivity index (χ2n) is 9.51. The largest absolute Gasteiger partial charge is 0.497 e. The van der Waals surface area contributed by atoms with E-state index in [1.807, 2.05) is 0 Å². The van der Waals surface area contributed by atoms with Gasteiger partial charge in [-0.3, -0.25) is 4.79 Å². The Morgan fingerprint density at radius 3 is 1.85 bits per heavy atom. The van der Waals surface area contributed by atoms with E-state index in [0.29, 0.717) is 28.2 Å². The van der Waals surface area contributed by atoms with Crippen LogP contribution in [0.15, 0.2) is 30.3 Å². The summed E-state index contributed by atoms with van der Waals surface area (Å²) < 4.78 is 31.9. The molecule has 0 aliphatic heterocycles. The van der Waals surface area contributed by atoms with Crippen LogP contribution in [-0.4, -0.2) is 65.1 Å². The zero-order chi connectivity index (χ0) is 30.2. The summed E-state index contributed by atoms with van der Waals surface area (Å²) in [7, 11) is 6.68. The quantitative estimate of drug-likeness (QED) is 0.327. The fraction of sp³-hybridized carbons (Fsp3) is 0.429. The number of hydrogen-bond donors (Lipinski definition) is 2. The molecule has 2 aromatic carbocycles. The molecule has 0 aliphatic carbocycles. The molecule has 218 valence electrons. The van der Waals surface area contributed by atoms with E-state index < -0.39 is 41.6 Å². The second kappa shape index (κ2) is 13.5. The highest BCUT2D eigenvalue weighted by molar-refractivity contribution is 5.91. The number of esters is 2. The molecule has 0 bridgehead atoms. The molecule has 0 saturated carbocycles. The van der Waals surface area contributed by atoms with Gasteiger partial charge in [0.05, 0.1) is 35.5 Å². The highest BCUT2D eigenvalue weighted by Gasteiger charge is 2.32. The molecule has 0 aromatic heterocycles. The first-order valence-electron chi connectivity index (χ1n) is 12.2. The summed E-state index contributed by atoms with van der Waals surface area (Å²) in [6.45, 7) is 6.33. The smallest absolute Gasteiger partial charge is 0.408 e.